The van der Waals surface area contributed by atoms with Gasteiger partial charge in [0.1, 0.15) is 5.78 Å². The van der Waals surface area contributed by atoms with Crippen molar-refractivity contribution in [3.05, 3.63) is 0 Å². The van der Waals surface area contributed by atoms with E-state index in [1.165, 1.54) is 27.9 Å². The molecule has 0 bridgehead atoms. The molecule has 0 rings (SSSR count). The van der Waals surface area contributed by atoms with E-state index < -0.39 is 0 Å². The third-order valence-electron chi connectivity index (χ3n) is 0.287. The van der Waals surface area contributed by atoms with Gasteiger partial charge in [-0.15, -0.1) is 0 Å². The monoisotopic (exact) mass is 162 g/mol. The van der Waals surface area contributed by atoms with Gasteiger partial charge in [-0.2, -0.15) is 0 Å². The number of Topliss-reactive ketones (excluding diaryl/α,β-unsaturated/α-hetero) is 1. The second kappa shape index (κ2) is 16.1. The van der Waals surface area contributed by atoms with Gasteiger partial charge in [-0.05, 0) is 13.8 Å². The highest BCUT2D eigenvalue weighted by atomic mass is 16.5. The number of ketones is 1. The molecule has 3 nitrogen and oxygen atoms in total. The van der Waals surface area contributed by atoms with Crippen LogP contribution in [0.4, 0.5) is 0 Å². The minimum absolute atomic E-state index is 0.167. The molecule has 0 heterocycles. The van der Waals surface area contributed by atoms with E-state index in [1.54, 1.807) is 0 Å². The molecule has 3 heteroatoms. The number of hydrogen-bond acceptors (Lipinski definition) is 3. The van der Waals surface area contributed by atoms with E-state index in [2.05, 4.69) is 4.74 Å². The van der Waals surface area contributed by atoms with Crippen molar-refractivity contribution in [3.63, 3.8) is 0 Å². The molecule has 0 spiro atoms. The summed E-state index contributed by atoms with van der Waals surface area (Å²) in [4.78, 5) is 19.0. The summed E-state index contributed by atoms with van der Waals surface area (Å²) < 4.78 is 4.11. The van der Waals surface area contributed by atoms with Crippen molar-refractivity contribution in [2.45, 2.75) is 34.6 Å². The maximum absolute atomic E-state index is 9.59. The molecule has 0 radical (unpaired) electrons. The van der Waals surface area contributed by atoms with Crippen LogP contribution in [0.15, 0.2) is 0 Å². The predicted octanol–water partition coefficient (Wildman–Crippen LogP) is 1.80. The van der Waals surface area contributed by atoms with E-state index >= 15 is 0 Å². The predicted molar refractivity (Wildman–Crippen MR) is 45.4 cm³/mol. The summed E-state index contributed by atoms with van der Waals surface area (Å²) in [5.41, 5.74) is 0. The summed E-state index contributed by atoms with van der Waals surface area (Å²) in [6.45, 7) is 8.42. The zero-order valence-corrected chi connectivity index (χ0v) is 8.22. The highest BCUT2D eigenvalue weighted by Gasteiger charge is 1.75. The van der Waals surface area contributed by atoms with Gasteiger partial charge in [0.2, 0.25) is 0 Å². The maximum Gasteiger partial charge on any atom is 0.302 e. The van der Waals surface area contributed by atoms with Crippen LogP contribution in [-0.4, -0.2) is 18.9 Å². The molecular formula is C8H18O3. The molecule has 0 aliphatic carbocycles. The van der Waals surface area contributed by atoms with Crippen LogP contribution in [-0.2, 0) is 14.3 Å². The molecule has 0 fully saturated rings. The number of ether oxygens (including phenoxy) is 1. The Morgan fingerprint density at radius 3 is 1.09 bits per heavy atom. The van der Waals surface area contributed by atoms with Crippen LogP contribution >= 0.6 is 0 Å². The molecule has 0 unspecified atom stereocenters. The Bertz CT molecular complexity index is 93.5. The average molecular weight is 162 g/mol. The third kappa shape index (κ3) is 359. The molecule has 0 amide bonds. The van der Waals surface area contributed by atoms with Gasteiger partial charge in [-0.25, -0.2) is 0 Å². The second-order valence-electron chi connectivity index (χ2n) is 1.60. The summed E-state index contributed by atoms with van der Waals surface area (Å²) in [6.07, 6.45) is 0. The largest absolute Gasteiger partial charge is 0.469 e. The number of esters is 1. The zero-order valence-electron chi connectivity index (χ0n) is 8.22. The van der Waals surface area contributed by atoms with Crippen LogP contribution in [0.2, 0.25) is 0 Å². The second-order valence-corrected chi connectivity index (χ2v) is 1.60. The van der Waals surface area contributed by atoms with Crippen LogP contribution in [0.3, 0.4) is 0 Å². The van der Waals surface area contributed by atoms with Gasteiger partial charge >= 0.3 is 5.97 Å². The molecule has 0 aromatic carbocycles. The number of carbonyl (C=O) groups is 2. The highest BCUT2D eigenvalue weighted by molar-refractivity contribution is 5.72. The zero-order chi connectivity index (χ0) is 9.86. The van der Waals surface area contributed by atoms with Crippen molar-refractivity contribution in [1.82, 2.24) is 0 Å². The van der Waals surface area contributed by atoms with Gasteiger partial charge in [0.05, 0.1) is 7.11 Å². The van der Waals surface area contributed by atoms with E-state index in [9.17, 15) is 9.59 Å². The van der Waals surface area contributed by atoms with Gasteiger partial charge < -0.3 is 9.53 Å². The summed E-state index contributed by atoms with van der Waals surface area (Å²) in [5, 5.41) is 0. The first kappa shape index (κ1) is 16.6. The molecule has 68 valence electrons. The lowest BCUT2D eigenvalue weighted by molar-refractivity contribution is -0.137. The highest BCUT2D eigenvalue weighted by Crippen LogP contribution is 1.60. The van der Waals surface area contributed by atoms with Gasteiger partial charge in [0.15, 0.2) is 0 Å². The number of rotatable bonds is 0. The normalized spacial score (nSPS) is 6.00. The molecule has 0 atom stereocenters. The smallest absolute Gasteiger partial charge is 0.302 e. The molecule has 0 aromatic rings. The summed E-state index contributed by atoms with van der Waals surface area (Å²) in [6, 6.07) is 0. The van der Waals surface area contributed by atoms with E-state index in [0.717, 1.165) is 0 Å². The molecule has 0 aliphatic heterocycles. The Morgan fingerprint density at radius 2 is 1.09 bits per heavy atom. The number of methoxy groups -OCH3 is 1. The number of hydrogen-bond donors (Lipinski definition) is 0. The summed E-state index contributed by atoms with van der Waals surface area (Å²) in [7, 11) is 1.35. The van der Waals surface area contributed by atoms with Gasteiger partial charge in [0, 0.05) is 6.92 Å². The van der Waals surface area contributed by atoms with Crippen molar-refractivity contribution in [2.24, 2.45) is 0 Å². The van der Waals surface area contributed by atoms with E-state index in [4.69, 9.17) is 0 Å². The van der Waals surface area contributed by atoms with Gasteiger partial charge in [-0.1, -0.05) is 13.8 Å². The van der Waals surface area contributed by atoms with Crippen LogP contribution in [0.5, 0.6) is 0 Å². The number of carbonyl (C=O) groups excluding carboxylic acids is 2. The lowest BCUT2D eigenvalue weighted by Crippen LogP contribution is -1.88. The van der Waals surface area contributed by atoms with Crippen molar-refractivity contribution >= 4 is 11.8 Å². The first-order valence-electron chi connectivity index (χ1n) is 3.52. The summed E-state index contributed by atoms with van der Waals surface area (Å²) in [5.74, 6) is -0.0787. The van der Waals surface area contributed by atoms with Crippen molar-refractivity contribution in [2.75, 3.05) is 7.11 Å². The standard InChI is InChI=1S/C3H6O2.C3H6O.C2H6/c1-3(4)5-2;1-3(2)4;1-2/h1-2H3;1-2H3;1-2H3. The third-order valence-corrected chi connectivity index (χ3v) is 0.287. The first-order chi connectivity index (χ1) is 5.00. The van der Waals surface area contributed by atoms with Crippen molar-refractivity contribution in [3.8, 4) is 0 Å². The topological polar surface area (TPSA) is 43.4 Å². The van der Waals surface area contributed by atoms with Crippen LogP contribution in [0, 0.1) is 0 Å². The van der Waals surface area contributed by atoms with Gasteiger partial charge in [-0.3, -0.25) is 4.79 Å². The maximum atomic E-state index is 9.59. The lowest BCUT2D eigenvalue weighted by atomic mass is 10.6. The fourth-order valence-corrected chi connectivity index (χ4v) is 0. The van der Waals surface area contributed by atoms with E-state index in [-0.39, 0.29) is 11.8 Å². The molecule has 0 saturated heterocycles. The molecule has 0 aliphatic rings. The fraction of sp³-hybridized carbons (Fsp3) is 0.750. The Kier molecular flexibility index (Phi) is 24.3. The Labute approximate surface area is 68.7 Å². The SMILES string of the molecule is CC.CC(C)=O.COC(C)=O. The lowest BCUT2D eigenvalue weighted by Gasteiger charge is -1.80. The first-order valence-corrected chi connectivity index (χ1v) is 3.52. The van der Waals surface area contributed by atoms with Crippen LogP contribution in [0.25, 0.3) is 0 Å². The van der Waals surface area contributed by atoms with E-state index in [1.807, 2.05) is 13.8 Å². The molecule has 0 aromatic heterocycles. The van der Waals surface area contributed by atoms with Crippen LogP contribution < -0.4 is 0 Å². The minimum Gasteiger partial charge on any atom is -0.469 e. The van der Waals surface area contributed by atoms with Crippen molar-refractivity contribution in [1.29, 1.82) is 0 Å². The quantitative estimate of drug-likeness (QED) is 0.510. The Morgan fingerprint density at radius 1 is 1.00 bits per heavy atom. The van der Waals surface area contributed by atoms with E-state index in [0.29, 0.717) is 0 Å². The Balaban J connectivity index is -0.0000000965. The fourth-order valence-electron chi connectivity index (χ4n) is 0. The molecular weight excluding hydrogens is 144 g/mol. The Hall–Kier alpha value is -0.860. The van der Waals surface area contributed by atoms with Crippen LogP contribution in [0.1, 0.15) is 34.6 Å². The minimum atomic E-state index is -0.245. The average Bonchev–Trinajstić information content (AvgIpc) is 1.91. The molecule has 11 heavy (non-hydrogen) atoms. The summed E-state index contributed by atoms with van der Waals surface area (Å²) >= 11 is 0. The molecule has 0 saturated carbocycles. The molecule has 0 N–H and O–H groups in total. The van der Waals surface area contributed by atoms with Gasteiger partial charge in [0.25, 0.3) is 0 Å². The van der Waals surface area contributed by atoms with Crippen molar-refractivity contribution < 1.29 is 14.3 Å².